The summed E-state index contributed by atoms with van der Waals surface area (Å²) in [5, 5.41) is 5.89. The van der Waals surface area contributed by atoms with E-state index in [0.717, 1.165) is 55.9 Å². The van der Waals surface area contributed by atoms with Crippen LogP contribution in [-0.4, -0.2) is 0 Å². The third kappa shape index (κ3) is 5.53. The molecule has 2 heteroatoms. The number of benzene rings is 9. The first-order chi connectivity index (χ1) is 26.8. The fraction of sp³-hybridized carbons (Fsp3) is 0. The van der Waals surface area contributed by atoms with E-state index >= 15 is 0 Å². The van der Waals surface area contributed by atoms with E-state index in [2.05, 4.69) is 217 Å². The number of nitrogens with zero attached hydrogens (tertiary/aromatic N) is 1. The Morgan fingerprint density at radius 2 is 0.630 bits per heavy atom. The molecule has 2 nitrogen and oxygen atoms in total. The second kappa shape index (κ2) is 13.4. The number of furan rings is 1. The fourth-order valence-corrected chi connectivity index (χ4v) is 7.89. The van der Waals surface area contributed by atoms with Crippen LogP contribution in [0.15, 0.2) is 217 Å². The van der Waals surface area contributed by atoms with Gasteiger partial charge in [0.1, 0.15) is 11.3 Å². The summed E-state index contributed by atoms with van der Waals surface area (Å²) in [5.41, 5.74) is 12.2. The lowest BCUT2D eigenvalue weighted by Gasteiger charge is -2.26. The minimum Gasteiger partial charge on any atom is -0.455 e. The highest BCUT2D eigenvalue weighted by atomic mass is 16.3. The van der Waals surface area contributed by atoms with E-state index in [0.29, 0.717) is 0 Å². The van der Waals surface area contributed by atoms with Crippen LogP contribution in [0.1, 0.15) is 0 Å². The summed E-state index contributed by atoms with van der Waals surface area (Å²) < 4.78 is 7.03. The highest BCUT2D eigenvalue weighted by Crippen LogP contribution is 2.48. The molecule has 0 saturated heterocycles. The molecule has 0 aliphatic rings. The van der Waals surface area contributed by atoms with Gasteiger partial charge >= 0.3 is 0 Å². The molecule has 0 fully saturated rings. The van der Waals surface area contributed by atoms with Gasteiger partial charge in [-0.25, -0.2) is 0 Å². The summed E-state index contributed by atoms with van der Waals surface area (Å²) in [6.07, 6.45) is 0. The van der Waals surface area contributed by atoms with Gasteiger partial charge in [0, 0.05) is 39.0 Å². The standard InChI is InChI=1S/C52H35NO/c1-4-14-36(15-5-1)38-24-30-42(31-25-38)53(43-32-26-39(27-33-43)37-16-6-2-7-17-37)44-34-28-41(29-35-44)51-49(40-18-8-3-9-19-40)50-47-22-12-10-20-45(47)46-21-11-13-23-48(46)52(50)54-51/h1-35H. The maximum atomic E-state index is 7.03. The Hall–Kier alpha value is -7.16. The van der Waals surface area contributed by atoms with E-state index in [1.807, 2.05) is 0 Å². The second-order valence-electron chi connectivity index (χ2n) is 13.7. The van der Waals surface area contributed by atoms with E-state index in [1.165, 1.54) is 38.4 Å². The zero-order chi connectivity index (χ0) is 35.8. The van der Waals surface area contributed by atoms with E-state index in [9.17, 15) is 0 Å². The first-order valence-electron chi connectivity index (χ1n) is 18.4. The van der Waals surface area contributed by atoms with Crippen molar-refractivity contribution >= 4 is 49.6 Å². The number of rotatable bonds is 7. The van der Waals surface area contributed by atoms with Crippen LogP contribution in [0.2, 0.25) is 0 Å². The Morgan fingerprint density at radius 1 is 0.278 bits per heavy atom. The van der Waals surface area contributed by atoms with Crippen molar-refractivity contribution in [2.24, 2.45) is 0 Å². The first kappa shape index (κ1) is 31.6. The van der Waals surface area contributed by atoms with Crippen molar-refractivity contribution in [1.82, 2.24) is 0 Å². The molecule has 1 aromatic heterocycles. The van der Waals surface area contributed by atoms with Crippen LogP contribution >= 0.6 is 0 Å². The maximum Gasteiger partial charge on any atom is 0.143 e. The molecule has 0 saturated carbocycles. The average Bonchev–Trinajstić information content (AvgIpc) is 3.67. The molecule has 10 rings (SSSR count). The van der Waals surface area contributed by atoms with E-state index < -0.39 is 0 Å². The van der Waals surface area contributed by atoms with Crippen molar-refractivity contribution in [1.29, 1.82) is 0 Å². The predicted molar refractivity (Wildman–Crippen MR) is 228 cm³/mol. The minimum absolute atomic E-state index is 0.871. The Kier molecular flexibility index (Phi) is 7.85. The lowest BCUT2D eigenvalue weighted by molar-refractivity contribution is 0.636. The fourth-order valence-electron chi connectivity index (χ4n) is 7.89. The topological polar surface area (TPSA) is 16.4 Å². The molecule has 9 aromatic carbocycles. The first-order valence-corrected chi connectivity index (χ1v) is 18.4. The quantitative estimate of drug-likeness (QED) is 0.155. The zero-order valence-electron chi connectivity index (χ0n) is 29.6. The molecule has 254 valence electrons. The summed E-state index contributed by atoms with van der Waals surface area (Å²) >= 11 is 0. The SMILES string of the molecule is c1ccc(-c2ccc(N(c3ccc(-c4ccccc4)cc3)c3ccc(-c4oc5c6ccccc6c6ccccc6c5c4-c4ccccc4)cc3)cc2)cc1. The lowest BCUT2D eigenvalue weighted by atomic mass is 9.92. The molecule has 0 radical (unpaired) electrons. The summed E-state index contributed by atoms with van der Waals surface area (Å²) in [6, 6.07) is 75.5. The Morgan fingerprint density at radius 3 is 1.11 bits per heavy atom. The molecule has 54 heavy (non-hydrogen) atoms. The van der Waals surface area contributed by atoms with Gasteiger partial charge in [0.2, 0.25) is 0 Å². The third-order valence-electron chi connectivity index (χ3n) is 10.5. The van der Waals surface area contributed by atoms with Gasteiger partial charge in [0.05, 0.1) is 0 Å². The lowest BCUT2D eigenvalue weighted by Crippen LogP contribution is -2.09. The van der Waals surface area contributed by atoms with Gasteiger partial charge in [-0.3, -0.25) is 0 Å². The van der Waals surface area contributed by atoms with Gasteiger partial charge in [-0.05, 0) is 92.5 Å². The molecule has 0 aliphatic carbocycles. The predicted octanol–water partition coefficient (Wildman–Crippen LogP) is 14.9. The van der Waals surface area contributed by atoms with Crippen molar-refractivity contribution < 1.29 is 4.42 Å². The second-order valence-corrected chi connectivity index (χ2v) is 13.7. The molecule has 0 N–H and O–H groups in total. The van der Waals surface area contributed by atoms with Gasteiger partial charge in [-0.2, -0.15) is 0 Å². The third-order valence-corrected chi connectivity index (χ3v) is 10.5. The van der Waals surface area contributed by atoms with E-state index in [1.54, 1.807) is 0 Å². The van der Waals surface area contributed by atoms with Crippen molar-refractivity contribution in [3.63, 3.8) is 0 Å². The van der Waals surface area contributed by atoms with Crippen molar-refractivity contribution in [3.8, 4) is 44.7 Å². The van der Waals surface area contributed by atoms with Crippen molar-refractivity contribution in [3.05, 3.63) is 212 Å². The molecular weight excluding hydrogens is 655 g/mol. The van der Waals surface area contributed by atoms with Gasteiger partial charge in [-0.15, -0.1) is 0 Å². The van der Waals surface area contributed by atoms with Crippen LogP contribution in [0, 0.1) is 0 Å². The average molecular weight is 690 g/mol. The molecule has 0 amide bonds. The minimum atomic E-state index is 0.871. The Bertz CT molecular complexity index is 2790. The molecule has 0 atom stereocenters. The summed E-state index contributed by atoms with van der Waals surface area (Å²) in [4.78, 5) is 2.32. The molecule has 0 aliphatic heterocycles. The van der Waals surface area contributed by atoms with Gasteiger partial charge in [0.15, 0.2) is 0 Å². The van der Waals surface area contributed by atoms with Gasteiger partial charge < -0.3 is 9.32 Å². The highest BCUT2D eigenvalue weighted by molar-refractivity contribution is 6.28. The number of hydrogen-bond acceptors (Lipinski definition) is 2. The Labute approximate surface area is 314 Å². The largest absolute Gasteiger partial charge is 0.455 e. The molecule has 10 aromatic rings. The zero-order valence-corrected chi connectivity index (χ0v) is 29.6. The Balaban J connectivity index is 1.12. The van der Waals surface area contributed by atoms with Gasteiger partial charge in [-0.1, -0.05) is 164 Å². The monoisotopic (exact) mass is 689 g/mol. The smallest absolute Gasteiger partial charge is 0.143 e. The number of fused-ring (bicyclic) bond motifs is 6. The normalized spacial score (nSPS) is 11.3. The number of anilines is 3. The summed E-state index contributed by atoms with van der Waals surface area (Å²) in [5.74, 6) is 0.871. The molecule has 0 bridgehead atoms. The summed E-state index contributed by atoms with van der Waals surface area (Å²) in [6.45, 7) is 0. The molecule has 0 spiro atoms. The van der Waals surface area contributed by atoms with Gasteiger partial charge in [0.25, 0.3) is 0 Å². The number of hydrogen-bond donors (Lipinski definition) is 0. The molecule has 0 unspecified atom stereocenters. The van der Waals surface area contributed by atoms with Crippen LogP contribution in [-0.2, 0) is 0 Å². The van der Waals surface area contributed by atoms with Crippen LogP contribution in [0.3, 0.4) is 0 Å². The van der Waals surface area contributed by atoms with Crippen LogP contribution in [0.25, 0.3) is 77.2 Å². The molecular formula is C52H35NO. The van der Waals surface area contributed by atoms with Crippen molar-refractivity contribution in [2.75, 3.05) is 4.90 Å². The molecule has 1 heterocycles. The van der Waals surface area contributed by atoms with Crippen molar-refractivity contribution in [2.45, 2.75) is 0 Å². The van der Waals surface area contributed by atoms with Crippen LogP contribution in [0.4, 0.5) is 17.1 Å². The van der Waals surface area contributed by atoms with E-state index in [-0.39, 0.29) is 0 Å². The van der Waals surface area contributed by atoms with Crippen LogP contribution < -0.4 is 4.90 Å². The van der Waals surface area contributed by atoms with E-state index in [4.69, 9.17) is 4.42 Å². The summed E-state index contributed by atoms with van der Waals surface area (Å²) in [7, 11) is 0. The highest BCUT2D eigenvalue weighted by Gasteiger charge is 2.23. The maximum absolute atomic E-state index is 7.03. The van der Waals surface area contributed by atoms with Crippen LogP contribution in [0.5, 0.6) is 0 Å².